The lowest BCUT2D eigenvalue weighted by Crippen LogP contribution is -2.39. The van der Waals surface area contributed by atoms with Crippen LogP contribution in [0.25, 0.3) is 0 Å². The van der Waals surface area contributed by atoms with Crippen molar-refractivity contribution < 1.29 is 0 Å². The average Bonchev–Trinajstić information content (AvgIpc) is 2.70. The number of nitrogens with two attached hydrogens (primary N) is 1. The molecule has 0 bridgehead atoms. The second-order valence-electron chi connectivity index (χ2n) is 5.02. The van der Waals surface area contributed by atoms with Crippen molar-refractivity contribution in [3.8, 4) is 6.07 Å². The fraction of sp³-hybridized carbons (Fsp3) is 0.667. The average molecular weight is 287 g/mol. The van der Waals surface area contributed by atoms with Gasteiger partial charge in [-0.15, -0.1) is 0 Å². The number of aromatic nitrogens is 1. The van der Waals surface area contributed by atoms with Crippen LogP contribution in [0.15, 0.2) is 0 Å². The molecule has 2 N–H and O–H groups in total. The smallest absolute Gasteiger partial charge is 0.188 e. The Balaban J connectivity index is 2.94. The van der Waals surface area contributed by atoms with Crippen molar-refractivity contribution in [3.05, 3.63) is 10.0 Å². The molecule has 0 aliphatic rings. The Morgan fingerprint density at radius 3 is 2.67 bits per heavy atom. The van der Waals surface area contributed by atoms with Gasteiger partial charge >= 0.3 is 0 Å². The Morgan fingerprint density at radius 2 is 2.22 bits per heavy atom. The minimum Gasteiger partial charge on any atom is -0.347 e. The van der Waals surface area contributed by atoms with Crippen LogP contribution in [-0.4, -0.2) is 24.6 Å². The molecular weight excluding hydrogens is 268 g/mol. The number of nitriles is 1. The van der Waals surface area contributed by atoms with Gasteiger partial charge in [0.05, 0.1) is 0 Å². The van der Waals surface area contributed by atoms with Crippen LogP contribution >= 0.6 is 22.9 Å². The van der Waals surface area contributed by atoms with Gasteiger partial charge in [-0.05, 0) is 18.4 Å². The summed E-state index contributed by atoms with van der Waals surface area (Å²) in [4.78, 5) is 6.89. The summed E-state index contributed by atoms with van der Waals surface area (Å²) in [6.45, 7) is 8.66. The van der Waals surface area contributed by atoms with E-state index < -0.39 is 0 Å². The molecule has 0 aliphatic carbocycles. The second kappa shape index (κ2) is 6.37. The zero-order valence-electron chi connectivity index (χ0n) is 11.0. The SMILES string of the molecule is CCCN(CC(C)(C)CN)c1nc(Cl)c(C#N)s1. The lowest BCUT2D eigenvalue weighted by molar-refractivity contribution is 0.377. The minimum atomic E-state index is 0.0140. The molecule has 0 fully saturated rings. The number of hydrogen-bond acceptors (Lipinski definition) is 5. The second-order valence-corrected chi connectivity index (χ2v) is 6.35. The van der Waals surface area contributed by atoms with Crippen molar-refractivity contribution in [1.82, 2.24) is 4.98 Å². The van der Waals surface area contributed by atoms with E-state index in [0.29, 0.717) is 16.6 Å². The summed E-state index contributed by atoms with van der Waals surface area (Å²) < 4.78 is 0. The highest BCUT2D eigenvalue weighted by atomic mass is 35.5. The van der Waals surface area contributed by atoms with Crippen LogP contribution in [0.5, 0.6) is 0 Å². The zero-order chi connectivity index (χ0) is 13.8. The van der Waals surface area contributed by atoms with Gasteiger partial charge in [-0.2, -0.15) is 5.26 Å². The van der Waals surface area contributed by atoms with E-state index >= 15 is 0 Å². The third kappa shape index (κ3) is 3.84. The van der Waals surface area contributed by atoms with E-state index in [0.717, 1.165) is 24.6 Å². The number of anilines is 1. The molecule has 0 aromatic carbocycles. The van der Waals surface area contributed by atoms with Crippen molar-refractivity contribution in [1.29, 1.82) is 5.26 Å². The summed E-state index contributed by atoms with van der Waals surface area (Å²) in [6, 6.07) is 2.06. The van der Waals surface area contributed by atoms with E-state index in [-0.39, 0.29) is 5.41 Å². The summed E-state index contributed by atoms with van der Waals surface area (Å²) in [6.07, 6.45) is 1.01. The summed E-state index contributed by atoms with van der Waals surface area (Å²) in [7, 11) is 0. The third-order valence-electron chi connectivity index (χ3n) is 2.61. The lowest BCUT2D eigenvalue weighted by atomic mass is 9.93. The number of nitrogens with zero attached hydrogens (tertiary/aromatic N) is 3. The summed E-state index contributed by atoms with van der Waals surface area (Å²) in [5.74, 6) is 0. The molecule has 0 radical (unpaired) electrons. The van der Waals surface area contributed by atoms with Gasteiger partial charge in [0.1, 0.15) is 10.9 Å². The van der Waals surface area contributed by atoms with Crippen molar-refractivity contribution in [3.63, 3.8) is 0 Å². The molecule has 0 spiro atoms. The molecule has 1 aromatic rings. The molecule has 0 amide bonds. The molecule has 6 heteroatoms. The highest BCUT2D eigenvalue weighted by Crippen LogP contribution is 2.30. The first-order valence-electron chi connectivity index (χ1n) is 5.95. The molecule has 1 heterocycles. The van der Waals surface area contributed by atoms with E-state index in [9.17, 15) is 0 Å². The quantitative estimate of drug-likeness (QED) is 0.873. The summed E-state index contributed by atoms with van der Waals surface area (Å²) in [5.41, 5.74) is 5.78. The monoisotopic (exact) mass is 286 g/mol. The van der Waals surface area contributed by atoms with Gasteiger partial charge in [-0.25, -0.2) is 4.98 Å². The van der Waals surface area contributed by atoms with Crippen LogP contribution in [-0.2, 0) is 0 Å². The predicted octanol–water partition coefficient (Wildman–Crippen LogP) is 2.87. The summed E-state index contributed by atoms with van der Waals surface area (Å²) in [5, 5.41) is 10.0. The van der Waals surface area contributed by atoms with E-state index in [1.807, 2.05) is 0 Å². The number of thiazole rings is 1. The van der Waals surface area contributed by atoms with E-state index in [1.54, 1.807) is 0 Å². The predicted molar refractivity (Wildman–Crippen MR) is 77.2 cm³/mol. The van der Waals surface area contributed by atoms with Gasteiger partial charge in [0.2, 0.25) is 0 Å². The van der Waals surface area contributed by atoms with Gasteiger partial charge in [0.15, 0.2) is 10.3 Å². The van der Waals surface area contributed by atoms with Crippen LogP contribution in [0.4, 0.5) is 5.13 Å². The van der Waals surface area contributed by atoms with E-state index in [4.69, 9.17) is 22.6 Å². The van der Waals surface area contributed by atoms with Gasteiger partial charge in [-0.3, -0.25) is 0 Å². The van der Waals surface area contributed by atoms with Crippen molar-refractivity contribution >= 4 is 28.1 Å². The Kier molecular flexibility index (Phi) is 5.39. The lowest BCUT2D eigenvalue weighted by Gasteiger charge is -2.31. The Bertz CT molecular complexity index is 436. The Labute approximate surface area is 117 Å². The van der Waals surface area contributed by atoms with Crippen LogP contribution in [0.2, 0.25) is 5.15 Å². The largest absolute Gasteiger partial charge is 0.347 e. The fourth-order valence-electron chi connectivity index (χ4n) is 1.59. The zero-order valence-corrected chi connectivity index (χ0v) is 12.6. The molecule has 0 saturated heterocycles. The molecule has 0 atom stereocenters. The van der Waals surface area contributed by atoms with Crippen LogP contribution in [0.3, 0.4) is 0 Å². The highest BCUT2D eigenvalue weighted by Gasteiger charge is 2.23. The van der Waals surface area contributed by atoms with Gasteiger partial charge in [0, 0.05) is 13.1 Å². The van der Waals surface area contributed by atoms with Crippen molar-refractivity contribution in [2.75, 3.05) is 24.5 Å². The van der Waals surface area contributed by atoms with Gasteiger partial charge < -0.3 is 10.6 Å². The van der Waals surface area contributed by atoms with E-state index in [1.165, 1.54) is 11.3 Å². The first-order valence-corrected chi connectivity index (χ1v) is 7.14. The van der Waals surface area contributed by atoms with Crippen LogP contribution < -0.4 is 10.6 Å². The van der Waals surface area contributed by atoms with Crippen LogP contribution in [0.1, 0.15) is 32.1 Å². The topological polar surface area (TPSA) is 65.9 Å². The standard InChI is InChI=1S/C12H19ClN4S/c1-4-5-17(8-12(2,3)7-15)11-16-10(13)9(6-14)18-11/h4-5,7-8,15H2,1-3H3. The molecule has 0 saturated carbocycles. The Morgan fingerprint density at radius 1 is 1.56 bits per heavy atom. The molecular formula is C12H19ClN4S. The molecule has 0 unspecified atom stereocenters. The normalized spacial score (nSPS) is 11.3. The minimum absolute atomic E-state index is 0.0140. The van der Waals surface area contributed by atoms with Crippen molar-refractivity contribution in [2.45, 2.75) is 27.2 Å². The molecule has 0 aliphatic heterocycles. The highest BCUT2D eigenvalue weighted by molar-refractivity contribution is 7.16. The Hall–Kier alpha value is -0.830. The summed E-state index contributed by atoms with van der Waals surface area (Å²) >= 11 is 7.26. The molecule has 100 valence electrons. The molecule has 4 nitrogen and oxygen atoms in total. The molecule has 18 heavy (non-hydrogen) atoms. The first kappa shape index (κ1) is 15.2. The van der Waals surface area contributed by atoms with Gasteiger partial charge in [0.25, 0.3) is 0 Å². The maximum atomic E-state index is 8.92. The maximum absolute atomic E-state index is 8.92. The third-order valence-corrected chi connectivity index (χ3v) is 4.02. The van der Waals surface area contributed by atoms with Gasteiger partial charge in [-0.1, -0.05) is 43.7 Å². The molecule has 1 rings (SSSR count). The van der Waals surface area contributed by atoms with E-state index in [2.05, 4.69) is 36.7 Å². The number of rotatable bonds is 6. The fourth-order valence-corrected chi connectivity index (χ4v) is 2.66. The van der Waals surface area contributed by atoms with Crippen molar-refractivity contribution in [2.24, 2.45) is 11.1 Å². The number of halogens is 1. The maximum Gasteiger partial charge on any atom is 0.188 e. The first-order chi connectivity index (χ1) is 8.43. The molecule has 1 aromatic heterocycles. The van der Waals surface area contributed by atoms with Crippen LogP contribution in [0, 0.1) is 16.7 Å². The number of hydrogen-bond donors (Lipinski definition) is 1.